The molecular weight excluding hydrogens is 342 g/mol. The predicted molar refractivity (Wildman–Crippen MR) is 82.9 cm³/mol. The number of aromatic nitrogens is 2. The fourth-order valence-corrected chi connectivity index (χ4v) is 4.24. The summed E-state index contributed by atoms with van der Waals surface area (Å²) in [6.45, 7) is 0.270. The number of fused-ring (bicyclic) bond motifs is 1. The molecule has 122 valence electrons. The van der Waals surface area contributed by atoms with Gasteiger partial charge >= 0.3 is 5.97 Å². The van der Waals surface area contributed by atoms with Gasteiger partial charge in [0.1, 0.15) is 0 Å². The van der Waals surface area contributed by atoms with Gasteiger partial charge in [-0.15, -0.1) is 0 Å². The van der Waals surface area contributed by atoms with Crippen LogP contribution in [-0.4, -0.2) is 40.1 Å². The number of halogens is 1. The van der Waals surface area contributed by atoms with Crippen LogP contribution in [0.1, 0.15) is 21.7 Å². The van der Waals surface area contributed by atoms with Crippen molar-refractivity contribution in [3.8, 4) is 0 Å². The van der Waals surface area contributed by atoms with Crippen molar-refractivity contribution in [1.29, 1.82) is 0 Å². The number of hydrogen-bond donors (Lipinski definition) is 1. The Labute approximate surface area is 138 Å². The van der Waals surface area contributed by atoms with Crippen molar-refractivity contribution in [1.82, 2.24) is 14.1 Å². The maximum atomic E-state index is 12.7. The zero-order chi connectivity index (χ0) is 16.8. The SMILES string of the molecule is Cn1nc(C(=O)O)c2c1CCN(S(=O)(=O)c1ccc(Cl)cc1)C2. The number of hydrogen-bond acceptors (Lipinski definition) is 4. The largest absolute Gasteiger partial charge is 0.476 e. The number of rotatable bonds is 3. The molecular formula is C14H14ClN3O4S. The molecule has 0 fully saturated rings. The number of aromatic carboxylic acids is 1. The van der Waals surface area contributed by atoms with Crippen LogP contribution in [0.5, 0.6) is 0 Å². The van der Waals surface area contributed by atoms with Crippen LogP contribution in [-0.2, 0) is 30.0 Å². The number of carbonyl (C=O) groups is 1. The number of nitrogens with zero attached hydrogens (tertiary/aromatic N) is 3. The molecule has 1 aromatic carbocycles. The maximum Gasteiger partial charge on any atom is 0.356 e. The van der Waals surface area contributed by atoms with E-state index < -0.39 is 16.0 Å². The van der Waals surface area contributed by atoms with Crippen LogP contribution < -0.4 is 0 Å². The fraction of sp³-hybridized carbons (Fsp3) is 0.286. The van der Waals surface area contributed by atoms with Gasteiger partial charge < -0.3 is 5.11 Å². The number of carboxylic acids is 1. The molecule has 1 aliphatic rings. The van der Waals surface area contributed by atoms with Gasteiger partial charge in [0.2, 0.25) is 10.0 Å². The minimum atomic E-state index is -3.71. The Balaban J connectivity index is 1.98. The molecule has 1 N–H and O–H groups in total. The molecule has 0 saturated heterocycles. The van der Waals surface area contributed by atoms with Gasteiger partial charge in [0.15, 0.2) is 5.69 Å². The molecule has 0 amide bonds. The van der Waals surface area contributed by atoms with E-state index in [-0.39, 0.29) is 23.7 Å². The van der Waals surface area contributed by atoms with Crippen LogP contribution >= 0.6 is 11.6 Å². The van der Waals surface area contributed by atoms with Crippen LogP contribution in [0, 0.1) is 0 Å². The molecule has 9 heteroatoms. The number of benzene rings is 1. The molecule has 2 aromatic rings. The third-order valence-electron chi connectivity index (χ3n) is 3.86. The average molecular weight is 356 g/mol. The molecule has 2 heterocycles. The summed E-state index contributed by atoms with van der Waals surface area (Å²) in [4.78, 5) is 11.4. The molecule has 1 aliphatic heterocycles. The van der Waals surface area contributed by atoms with Gasteiger partial charge in [0.05, 0.1) is 4.90 Å². The Hall–Kier alpha value is -1.90. The smallest absolute Gasteiger partial charge is 0.356 e. The Bertz CT molecular complexity index is 874. The Morgan fingerprint density at radius 2 is 1.96 bits per heavy atom. The monoisotopic (exact) mass is 355 g/mol. The van der Waals surface area contributed by atoms with Crippen molar-refractivity contribution in [2.75, 3.05) is 6.54 Å². The van der Waals surface area contributed by atoms with E-state index in [2.05, 4.69) is 5.10 Å². The molecule has 0 saturated carbocycles. The highest BCUT2D eigenvalue weighted by atomic mass is 35.5. The van der Waals surface area contributed by atoms with Gasteiger partial charge in [-0.25, -0.2) is 13.2 Å². The van der Waals surface area contributed by atoms with Crippen molar-refractivity contribution in [2.45, 2.75) is 17.9 Å². The first-order valence-electron chi connectivity index (χ1n) is 6.84. The second-order valence-electron chi connectivity index (χ2n) is 5.25. The van der Waals surface area contributed by atoms with Crippen LogP contribution in [0.15, 0.2) is 29.2 Å². The quantitative estimate of drug-likeness (QED) is 0.901. The highest BCUT2D eigenvalue weighted by Gasteiger charge is 2.33. The van der Waals surface area contributed by atoms with Gasteiger partial charge in [0, 0.05) is 42.8 Å². The molecule has 7 nitrogen and oxygen atoms in total. The Kier molecular flexibility index (Phi) is 3.91. The Morgan fingerprint density at radius 1 is 1.30 bits per heavy atom. The lowest BCUT2D eigenvalue weighted by Crippen LogP contribution is -2.36. The molecule has 0 aliphatic carbocycles. The molecule has 0 unspecified atom stereocenters. The van der Waals surface area contributed by atoms with Crippen LogP contribution in [0.4, 0.5) is 0 Å². The summed E-state index contributed by atoms with van der Waals surface area (Å²) < 4.78 is 28.2. The number of sulfonamides is 1. The van der Waals surface area contributed by atoms with E-state index in [1.54, 1.807) is 7.05 Å². The summed E-state index contributed by atoms with van der Waals surface area (Å²) in [6, 6.07) is 5.90. The highest BCUT2D eigenvalue weighted by molar-refractivity contribution is 7.89. The number of aryl methyl sites for hydroxylation is 1. The summed E-state index contributed by atoms with van der Waals surface area (Å²) in [5.74, 6) is -1.16. The first-order chi connectivity index (χ1) is 10.8. The summed E-state index contributed by atoms with van der Waals surface area (Å²) in [5.41, 5.74) is 1.10. The fourth-order valence-electron chi connectivity index (χ4n) is 2.70. The first kappa shape index (κ1) is 16.0. The van der Waals surface area contributed by atoms with Crippen LogP contribution in [0.3, 0.4) is 0 Å². The topological polar surface area (TPSA) is 92.5 Å². The summed E-state index contributed by atoms with van der Waals surface area (Å²) >= 11 is 5.79. The van der Waals surface area contributed by atoms with E-state index in [9.17, 15) is 18.3 Å². The second kappa shape index (κ2) is 5.63. The third-order valence-corrected chi connectivity index (χ3v) is 5.97. The lowest BCUT2D eigenvalue weighted by molar-refractivity contribution is 0.0687. The molecule has 0 spiro atoms. The van der Waals surface area contributed by atoms with Crippen LogP contribution in [0.2, 0.25) is 5.02 Å². The molecule has 3 rings (SSSR count). The minimum absolute atomic E-state index is 0.00420. The standard InChI is InChI=1S/C14H14ClN3O4S/c1-17-12-6-7-18(8-11(12)13(16-17)14(19)20)23(21,22)10-4-2-9(15)3-5-10/h2-5H,6-8H2,1H3,(H,19,20). The van der Waals surface area contributed by atoms with E-state index in [4.69, 9.17) is 11.6 Å². The zero-order valence-electron chi connectivity index (χ0n) is 12.2. The van der Waals surface area contributed by atoms with Crippen LogP contribution in [0.25, 0.3) is 0 Å². The normalized spacial score (nSPS) is 15.4. The molecule has 1 aromatic heterocycles. The lowest BCUT2D eigenvalue weighted by atomic mass is 10.1. The van der Waals surface area contributed by atoms with E-state index in [0.717, 1.165) is 5.69 Å². The third kappa shape index (κ3) is 2.73. The molecule has 0 atom stereocenters. The zero-order valence-corrected chi connectivity index (χ0v) is 13.8. The van der Waals surface area contributed by atoms with E-state index in [0.29, 0.717) is 17.0 Å². The van der Waals surface area contributed by atoms with Crippen molar-refractivity contribution in [3.05, 3.63) is 46.2 Å². The lowest BCUT2D eigenvalue weighted by Gasteiger charge is -2.26. The summed E-state index contributed by atoms with van der Waals surface area (Å²) in [6.07, 6.45) is 0.416. The molecule has 0 bridgehead atoms. The highest BCUT2D eigenvalue weighted by Crippen LogP contribution is 2.27. The average Bonchev–Trinajstić information content (AvgIpc) is 2.85. The van der Waals surface area contributed by atoms with Crippen molar-refractivity contribution < 1.29 is 18.3 Å². The number of carboxylic acid groups (broad SMARTS) is 1. The molecule has 0 radical (unpaired) electrons. The van der Waals surface area contributed by atoms with Crippen molar-refractivity contribution >= 4 is 27.6 Å². The van der Waals surface area contributed by atoms with Crippen molar-refractivity contribution in [3.63, 3.8) is 0 Å². The first-order valence-corrected chi connectivity index (χ1v) is 8.66. The Morgan fingerprint density at radius 3 is 2.57 bits per heavy atom. The van der Waals surface area contributed by atoms with E-state index in [1.165, 1.54) is 33.3 Å². The van der Waals surface area contributed by atoms with E-state index >= 15 is 0 Å². The van der Waals surface area contributed by atoms with Gasteiger partial charge in [0.25, 0.3) is 0 Å². The van der Waals surface area contributed by atoms with Gasteiger partial charge in [-0.3, -0.25) is 4.68 Å². The van der Waals surface area contributed by atoms with Gasteiger partial charge in [-0.2, -0.15) is 9.40 Å². The second-order valence-corrected chi connectivity index (χ2v) is 7.62. The predicted octanol–water partition coefficient (Wildman–Crippen LogP) is 1.52. The summed E-state index contributed by atoms with van der Waals surface area (Å²) in [7, 11) is -2.05. The minimum Gasteiger partial charge on any atom is -0.476 e. The van der Waals surface area contributed by atoms with E-state index in [1.807, 2.05) is 0 Å². The van der Waals surface area contributed by atoms with Crippen molar-refractivity contribution in [2.24, 2.45) is 7.05 Å². The molecule has 23 heavy (non-hydrogen) atoms. The van der Waals surface area contributed by atoms with Gasteiger partial charge in [-0.1, -0.05) is 11.6 Å². The van der Waals surface area contributed by atoms with Gasteiger partial charge in [-0.05, 0) is 24.3 Å². The maximum absolute atomic E-state index is 12.7. The summed E-state index contributed by atoms with van der Waals surface area (Å²) in [5, 5.41) is 13.7.